The fraction of sp³-hybridized carbons (Fsp3) is 0.143. The molecule has 1 aromatic heterocycles. The topological polar surface area (TPSA) is 98.8 Å². The number of nitrogens with zero attached hydrogens (tertiary/aromatic N) is 4. The number of rotatable bonds is 4. The van der Waals surface area contributed by atoms with Gasteiger partial charge in [0.15, 0.2) is 5.82 Å². The molecule has 0 bridgehead atoms. The van der Waals surface area contributed by atoms with Crippen molar-refractivity contribution in [3.8, 4) is 12.1 Å². The first-order valence-corrected chi connectivity index (χ1v) is 5.51. The Morgan fingerprint density at radius 3 is 2.84 bits per heavy atom. The molecule has 19 heavy (non-hydrogen) atoms. The third-order valence-corrected chi connectivity index (χ3v) is 2.41. The Morgan fingerprint density at radius 1 is 1.58 bits per heavy atom. The van der Waals surface area contributed by atoms with Crippen molar-refractivity contribution >= 4 is 12.0 Å². The fourth-order valence-corrected chi connectivity index (χ4v) is 1.32. The molecule has 5 heteroatoms. The SMILES string of the molecule is C=CC(C=Nc1cc(C)c(C#N)cn1)=C(N)CC#N. The molecule has 94 valence electrons. The van der Waals surface area contributed by atoms with Crippen LogP contribution in [0.4, 0.5) is 5.82 Å². The van der Waals surface area contributed by atoms with Gasteiger partial charge in [-0.25, -0.2) is 9.98 Å². The first-order chi connectivity index (χ1) is 9.12. The van der Waals surface area contributed by atoms with E-state index in [1.807, 2.05) is 19.1 Å². The number of aromatic nitrogens is 1. The molecule has 0 saturated heterocycles. The average molecular weight is 251 g/mol. The lowest BCUT2D eigenvalue weighted by molar-refractivity contribution is 1.16. The van der Waals surface area contributed by atoms with Crippen LogP contribution >= 0.6 is 0 Å². The van der Waals surface area contributed by atoms with E-state index in [2.05, 4.69) is 16.6 Å². The first kappa shape index (κ1) is 14.1. The van der Waals surface area contributed by atoms with Gasteiger partial charge in [0.25, 0.3) is 0 Å². The van der Waals surface area contributed by atoms with Crippen LogP contribution < -0.4 is 5.73 Å². The fourth-order valence-electron chi connectivity index (χ4n) is 1.32. The van der Waals surface area contributed by atoms with Gasteiger partial charge in [0, 0.05) is 23.7 Å². The van der Waals surface area contributed by atoms with E-state index < -0.39 is 0 Å². The molecule has 1 rings (SSSR count). The van der Waals surface area contributed by atoms with Crippen molar-refractivity contribution in [2.45, 2.75) is 13.3 Å². The largest absolute Gasteiger partial charge is 0.401 e. The summed E-state index contributed by atoms with van der Waals surface area (Å²) in [7, 11) is 0. The van der Waals surface area contributed by atoms with Crippen molar-refractivity contribution in [3.05, 3.63) is 47.3 Å². The van der Waals surface area contributed by atoms with Crippen LogP contribution in [-0.2, 0) is 0 Å². The van der Waals surface area contributed by atoms with Gasteiger partial charge in [-0.15, -0.1) is 0 Å². The lowest BCUT2D eigenvalue weighted by Gasteiger charge is -2.00. The summed E-state index contributed by atoms with van der Waals surface area (Å²) in [6.45, 7) is 5.43. The van der Waals surface area contributed by atoms with Gasteiger partial charge in [-0.1, -0.05) is 12.7 Å². The minimum Gasteiger partial charge on any atom is -0.401 e. The Morgan fingerprint density at radius 2 is 2.32 bits per heavy atom. The number of nitriles is 2. The summed E-state index contributed by atoms with van der Waals surface area (Å²) in [5, 5.41) is 17.4. The van der Waals surface area contributed by atoms with Crippen LogP contribution in [0.2, 0.25) is 0 Å². The first-order valence-electron chi connectivity index (χ1n) is 5.51. The molecule has 0 aliphatic carbocycles. The molecule has 2 N–H and O–H groups in total. The number of pyridine rings is 1. The summed E-state index contributed by atoms with van der Waals surface area (Å²) in [6.07, 6.45) is 4.63. The molecule has 1 heterocycles. The van der Waals surface area contributed by atoms with Crippen molar-refractivity contribution in [2.24, 2.45) is 10.7 Å². The summed E-state index contributed by atoms with van der Waals surface area (Å²) in [6, 6.07) is 5.70. The lowest BCUT2D eigenvalue weighted by Crippen LogP contribution is -2.01. The molecule has 0 aromatic carbocycles. The minimum absolute atomic E-state index is 0.118. The molecule has 1 aromatic rings. The Balaban J connectivity index is 3.02. The summed E-state index contributed by atoms with van der Waals surface area (Å²) in [5.74, 6) is 0.473. The Labute approximate surface area is 112 Å². The third-order valence-electron chi connectivity index (χ3n) is 2.41. The molecule has 0 atom stereocenters. The van der Waals surface area contributed by atoms with Crippen LogP contribution in [0.1, 0.15) is 17.5 Å². The number of nitrogens with two attached hydrogens (primary N) is 1. The zero-order valence-electron chi connectivity index (χ0n) is 10.6. The van der Waals surface area contributed by atoms with Gasteiger partial charge in [-0.2, -0.15) is 10.5 Å². The van der Waals surface area contributed by atoms with E-state index in [1.54, 1.807) is 6.07 Å². The average Bonchev–Trinajstić information content (AvgIpc) is 2.40. The quantitative estimate of drug-likeness (QED) is 0.655. The van der Waals surface area contributed by atoms with Crippen molar-refractivity contribution in [3.63, 3.8) is 0 Å². The van der Waals surface area contributed by atoms with Crippen molar-refractivity contribution < 1.29 is 0 Å². The third kappa shape index (κ3) is 3.79. The van der Waals surface area contributed by atoms with Gasteiger partial charge in [0.05, 0.1) is 18.1 Å². The van der Waals surface area contributed by atoms with Gasteiger partial charge in [0.1, 0.15) is 6.07 Å². The maximum absolute atomic E-state index is 8.80. The van der Waals surface area contributed by atoms with E-state index in [9.17, 15) is 0 Å². The van der Waals surface area contributed by atoms with Gasteiger partial charge in [0.2, 0.25) is 0 Å². The number of hydrogen-bond acceptors (Lipinski definition) is 5. The molecule has 5 nitrogen and oxygen atoms in total. The van der Waals surface area contributed by atoms with Crippen molar-refractivity contribution in [1.29, 1.82) is 10.5 Å². The Bertz CT molecular complexity index is 626. The van der Waals surface area contributed by atoms with Crippen LogP contribution in [0.15, 0.2) is 41.2 Å². The predicted octanol–water partition coefficient (Wildman–Crippen LogP) is 2.28. The molecule has 0 radical (unpaired) electrons. The minimum atomic E-state index is 0.118. The van der Waals surface area contributed by atoms with Gasteiger partial charge in [-0.3, -0.25) is 0 Å². The maximum Gasteiger partial charge on any atom is 0.152 e. The lowest BCUT2D eigenvalue weighted by atomic mass is 10.2. The van der Waals surface area contributed by atoms with Gasteiger partial charge >= 0.3 is 0 Å². The highest BCUT2D eigenvalue weighted by molar-refractivity contribution is 5.84. The molecule has 0 aliphatic heterocycles. The summed E-state index contributed by atoms with van der Waals surface area (Å²) in [5.41, 5.74) is 8.03. The van der Waals surface area contributed by atoms with E-state index in [1.165, 1.54) is 18.5 Å². The van der Waals surface area contributed by atoms with E-state index in [0.717, 1.165) is 5.56 Å². The van der Waals surface area contributed by atoms with Crippen LogP contribution in [0.25, 0.3) is 0 Å². The Kier molecular flexibility index (Phi) is 5.01. The maximum atomic E-state index is 8.80. The summed E-state index contributed by atoms with van der Waals surface area (Å²) < 4.78 is 0. The summed E-state index contributed by atoms with van der Waals surface area (Å²) >= 11 is 0. The molecule has 0 spiro atoms. The van der Waals surface area contributed by atoms with E-state index in [0.29, 0.717) is 22.7 Å². The number of hydrogen-bond donors (Lipinski definition) is 1. The van der Waals surface area contributed by atoms with E-state index in [4.69, 9.17) is 16.3 Å². The smallest absolute Gasteiger partial charge is 0.152 e. The van der Waals surface area contributed by atoms with Crippen molar-refractivity contribution in [2.75, 3.05) is 0 Å². The number of aryl methyl sites for hydroxylation is 1. The van der Waals surface area contributed by atoms with Crippen LogP contribution in [0.5, 0.6) is 0 Å². The molecular formula is C14H13N5. The standard InChI is InChI=1S/C14H13N5/c1-3-11(13(17)4-5-15)8-18-14-6-10(2)12(7-16)9-19-14/h3,6,8-9H,1,4,17H2,2H3. The van der Waals surface area contributed by atoms with E-state index >= 15 is 0 Å². The highest BCUT2D eigenvalue weighted by Crippen LogP contribution is 2.14. The Hall–Kier alpha value is -2.92. The van der Waals surface area contributed by atoms with Crippen molar-refractivity contribution in [1.82, 2.24) is 4.98 Å². The monoisotopic (exact) mass is 251 g/mol. The number of aliphatic imine (C=N–C) groups is 1. The number of allylic oxidation sites excluding steroid dienone is 3. The molecule has 0 saturated carbocycles. The van der Waals surface area contributed by atoms with Gasteiger partial charge < -0.3 is 5.73 Å². The molecule has 0 amide bonds. The molecule has 0 fully saturated rings. The zero-order chi connectivity index (χ0) is 14.3. The molecular weight excluding hydrogens is 238 g/mol. The zero-order valence-corrected chi connectivity index (χ0v) is 10.6. The normalized spacial score (nSPS) is 11.5. The highest BCUT2D eigenvalue weighted by atomic mass is 14.9. The second-order valence-electron chi connectivity index (χ2n) is 3.75. The van der Waals surface area contributed by atoms with Crippen LogP contribution in [0.3, 0.4) is 0 Å². The van der Waals surface area contributed by atoms with E-state index in [-0.39, 0.29) is 6.42 Å². The van der Waals surface area contributed by atoms with Crippen LogP contribution in [0, 0.1) is 29.6 Å². The van der Waals surface area contributed by atoms with Gasteiger partial charge in [-0.05, 0) is 18.6 Å². The van der Waals surface area contributed by atoms with Crippen LogP contribution in [-0.4, -0.2) is 11.2 Å². The molecule has 0 aliphatic rings. The second-order valence-corrected chi connectivity index (χ2v) is 3.75. The molecule has 0 unspecified atom stereocenters. The second kappa shape index (κ2) is 6.73. The highest BCUT2D eigenvalue weighted by Gasteiger charge is 2.00. The predicted molar refractivity (Wildman–Crippen MR) is 73.5 cm³/mol. The summed E-state index contributed by atoms with van der Waals surface area (Å²) in [4.78, 5) is 8.19.